The number of fused-ring (bicyclic) bond motifs is 1. The van der Waals surface area contributed by atoms with Gasteiger partial charge in [-0.3, -0.25) is 0 Å². The molecule has 3 rings (SSSR count). The summed E-state index contributed by atoms with van der Waals surface area (Å²) in [5.74, 6) is 1.56. The molecule has 0 aromatic heterocycles. The lowest BCUT2D eigenvalue weighted by atomic mass is 10.0. The molecule has 0 radical (unpaired) electrons. The molecule has 1 aliphatic heterocycles. The fourth-order valence-corrected chi connectivity index (χ4v) is 2.43. The Morgan fingerprint density at radius 2 is 1.95 bits per heavy atom. The van der Waals surface area contributed by atoms with Crippen LogP contribution in [0.1, 0.15) is 17.2 Å². The summed E-state index contributed by atoms with van der Waals surface area (Å²) in [4.78, 5) is 0. The van der Waals surface area contributed by atoms with Crippen LogP contribution < -0.4 is 20.5 Å². The minimum absolute atomic E-state index is 0.0802. The summed E-state index contributed by atoms with van der Waals surface area (Å²) in [5, 5.41) is 3.45. The Morgan fingerprint density at radius 3 is 2.75 bits per heavy atom. The first-order chi connectivity index (χ1) is 9.78. The lowest BCUT2D eigenvalue weighted by molar-refractivity contribution is 0.174. The van der Waals surface area contributed by atoms with Gasteiger partial charge in [0.05, 0.1) is 6.04 Å². The van der Waals surface area contributed by atoms with Gasteiger partial charge in [0.2, 0.25) is 6.79 Å². The molecule has 0 saturated carbocycles. The monoisotopic (exact) mass is 270 g/mol. The molecule has 2 aromatic carbocycles. The third-order valence-electron chi connectivity index (χ3n) is 3.51. The van der Waals surface area contributed by atoms with Gasteiger partial charge in [-0.2, -0.15) is 0 Å². The van der Waals surface area contributed by atoms with E-state index in [0.29, 0.717) is 6.54 Å². The number of aryl methyl sites for hydroxylation is 1. The van der Waals surface area contributed by atoms with Crippen molar-refractivity contribution in [2.45, 2.75) is 13.0 Å². The average molecular weight is 270 g/mol. The van der Waals surface area contributed by atoms with Gasteiger partial charge in [0, 0.05) is 18.3 Å². The van der Waals surface area contributed by atoms with Gasteiger partial charge >= 0.3 is 0 Å². The average Bonchev–Trinajstić information content (AvgIpc) is 2.93. The molecule has 1 atom stereocenters. The first-order valence-electron chi connectivity index (χ1n) is 6.69. The van der Waals surface area contributed by atoms with Gasteiger partial charge in [-0.25, -0.2) is 0 Å². The summed E-state index contributed by atoms with van der Waals surface area (Å²) < 4.78 is 10.7. The van der Waals surface area contributed by atoms with Crippen LogP contribution in [-0.2, 0) is 0 Å². The summed E-state index contributed by atoms with van der Waals surface area (Å²) in [6, 6.07) is 14.2. The van der Waals surface area contributed by atoms with E-state index in [9.17, 15) is 0 Å². The topological polar surface area (TPSA) is 56.5 Å². The van der Waals surface area contributed by atoms with Crippen molar-refractivity contribution in [1.29, 1.82) is 0 Å². The molecule has 0 amide bonds. The van der Waals surface area contributed by atoms with E-state index in [4.69, 9.17) is 15.2 Å². The minimum Gasteiger partial charge on any atom is -0.454 e. The number of hydrogen-bond donors (Lipinski definition) is 2. The van der Waals surface area contributed by atoms with Crippen LogP contribution in [0.25, 0.3) is 0 Å². The van der Waals surface area contributed by atoms with Gasteiger partial charge < -0.3 is 20.5 Å². The fraction of sp³-hybridized carbons (Fsp3) is 0.250. The Hall–Kier alpha value is -2.20. The maximum Gasteiger partial charge on any atom is 0.231 e. The van der Waals surface area contributed by atoms with Gasteiger partial charge in [-0.15, -0.1) is 0 Å². The Kier molecular flexibility index (Phi) is 3.48. The lowest BCUT2D eigenvalue weighted by Gasteiger charge is -2.20. The van der Waals surface area contributed by atoms with E-state index in [1.54, 1.807) is 0 Å². The standard InChI is InChI=1S/C16H18N2O2/c1-11-4-2-3-5-13(11)14(9-17)18-12-6-7-15-16(8-12)20-10-19-15/h2-8,14,18H,9-10,17H2,1H3. The Balaban J connectivity index is 1.83. The molecule has 2 aromatic rings. The smallest absolute Gasteiger partial charge is 0.231 e. The van der Waals surface area contributed by atoms with Gasteiger partial charge in [-0.1, -0.05) is 24.3 Å². The van der Waals surface area contributed by atoms with E-state index in [-0.39, 0.29) is 12.8 Å². The maximum atomic E-state index is 5.92. The molecule has 0 fully saturated rings. The van der Waals surface area contributed by atoms with E-state index < -0.39 is 0 Å². The zero-order chi connectivity index (χ0) is 13.9. The number of hydrogen-bond acceptors (Lipinski definition) is 4. The second-order valence-electron chi connectivity index (χ2n) is 4.86. The van der Waals surface area contributed by atoms with Crippen molar-refractivity contribution in [2.24, 2.45) is 5.73 Å². The fourth-order valence-electron chi connectivity index (χ4n) is 2.43. The highest BCUT2D eigenvalue weighted by Gasteiger charge is 2.16. The van der Waals surface area contributed by atoms with Crippen molar-refractivity contribution in [3.8, 4) is 11.5 Å². The molecular weight excluding hydrogens is 252 g/mol. The predicted molar refractivity (Wildman–Crippen MR) is 79.2 cm³/mol. The first-order valence-corrected chi connectivity index (χ1v) is 6.69. The van der Waals surface area contributed by atoms with Gasteiger partial charge in [0.25, 0.3) is 0 Å². The molecule has 0 spiro atoms. The van der Waals surface area contributed by atoms with E-state index in [0.717, 1.165) is 17.2 Å². The Morgan fingerprint density at radius 1 is 1.15 bits per heavy atom. The number of benzene rings is 2. The minimum atomic E-state index is 0.0802. The molecule has 0 bridgehead atoms. The van der Waals surface area contributed by atoms with Crippen LogP contribution in [0.2, 0.25) is 0 Å². The number of anilines is 1. The molecule has 3 N–H and O–H groups in total. The first kappa shape index (κ1) is 12.8. The van der Waals surface area contributed by atoms with E-state index in [1.807, 2.05) is 30.3 Å². The third kappa shape index (κ3) is 2.42. The maximum absolute atomic E-state index is 5.92. The zero-order valence-electron chi connectivity index (χ0n) is 11.4. The summed E-state index contributed by atoms with van der Waals surface area (Å²) in [7, 11) is 0. The van der Waals surface area contributed by atoms with Crippen LogP contribution in [0, 0.1) is 6.92 Å². The third-order valence-corrected chi connectivity index (χ3v) is 3.51. The van der Waals surface area contributed by atoms with Crippen molar-refractivity contribution >= 4 is 5.69 Å². The molecule has 4 heteroatoms. The van der Waals surface area contributed by atoms with Crippen molar-refractivity contribution < 1.29 is 9.47 Å². The van der Waals surface area contributed by atoms with Crippen LogP contribution in [0.3, 0.4) is 0 Å². The highest BCUT2D eigenvalue weighted by molar-refractivity contribution is 5.56. The molecule has 20 heavy (non-hydrogen) atoms. The number of nitrogens with one attached hydrogen (secondary N) is 1. The van der Waals surface area contributed by atoms with Crippen molar-refractivity contribution in [3.05, 3.63) is 53.6 Å². The van der Waals surface area contributed by atoms with Crippen LogP contribution in [-0.4, -0.2) is 13.3 Å². The van der Waals surface area contributed by atoms with Crippen molar-refractivity contribution in [2.75, 3.05) is 18.7 Å². The summed E-state index contributed by atoms with van der Waals surface area (Å²) in [5.41, 5.74) is 9.34. The number of ether oxygens (including phenoxy) is 2. The molecule has 0 saturated heterocycles. The molecule has 4 nitrogen and oxygen atoms in total. The van der Waals surface area contributed by atoms with E-state index in [2.05, 4.69) is 24.4 Å². The van der Waals surface area contributed by atoms with E-state index >= 15 is 0 Å². The SMILES string of the molecule is Cc1ccccc1C(CN)Nc1ccc2c(c1)OCO2. The highest BCUT2D eigenvalue weighted by atomic mass is 16.7. The van der Waals surface area contributed by atoms with Gasteiger partial charge in [0.15, 0.2) is 11.5 Å². The lowest BCUT2D eigenvalue weighted by Crippen LogP contribution is -2.21. The largest absolute Gasteiger partial charge is 0.454 e. The van der Waals surface area contributed by atoms with Gasteiger partial charge in [-0.05, 0) is 30.2 Å². The molecule has 0 aliphatic carbocycles. The zero-order valence-corrected chi connectivity index (χ0v) is 11.4. The number of nitrogens with two attached hydrogens (primary N) is 1. The van der Waals surface area contributed by atoms with Crippen molar-refractivity contribution in [1.82, 2.24) is 0 Å². The van der Waals surface area contributed by atoms with Gasteiger partial charge in [0.1, 0.15) is 0 Å². The summed E-state index contributed by atoms with van der Waals surface area (Å²) >= 11 is 0. The van der Waals surface area contributed by atoms with Crippen molar-refractivity contribution in [3.63, 3.8) is 0 Å². The Labute approximate surface area is 118 Å². The second kappa shape index (κ2) is 5.43. The Bertz CT molecular complexity index is 613. The van der Waals surface area contributed by atoms with Crippen LogP contribution in [0.15, 0.2) is 42.5 Å². The predicted octanol–water partition coefficient (Wildman–Crippen LogP) is 2.84. The summed E-state index contributed by atoms with van der Waals surface area (Å²) in [6.45, 7) is 2.91. The number of rotatable bonds is 4. The molecule has 1 heterocycles. The summed E-state index contributed by atoms with van der Waals surface area (Å²) in [6.07, 6.45) is 0. The second-order valence-corrected chi connectivity index (χ2v) is 4.86. The molecular formula is C16H18N2O2. The molecule has 104 valence electrons. The van der Waals surface area contributed by atoms with Crippen LogP contribution >= 0.6 is 0 Å². The van der Waals surface area contributed by atoms with Crippen LogP contribution in [0.5, 0.6) is 11.5 Å². The quantitative estimate of drug-likeness (QED) is 0.897. The van der Waals surface area contributed by atoms with E-state index in [1.165, 1.54) is 11.1 Å². The normalized spacial score (nSPS) is 14.1. The van der Waals surface area contributed by atoms with Crippen LogP contribution in [0.4, 0.5) is 5.69 Å². The highest BCUT2D eigenvalue weighted by Crippen LogP contribution is 2.35. The molecule has 1 aliphatic rings. The molecule has 1 unspecified atom stereocenters.